The van der Waals surface area contributed by atoms with Gasteiger partial charge in [0.2, 0.25) is 0 Å². The summed E-state index contributed by atoms with van der Waals surface area (Å²) < 4.78 is 4.22. The van der Waals surface area contributed by atoms with Crippen molar-refractivity contribution in [3.05, 3.63) is 72.4 Å². The monoisotopic (exact) mass is 375 g/mol. The van der Waals surface area contributed by atoms with Crippen LogP contribution in [0.15, 0.2) is 77.1 Å². The number of nitrogens with zero attached hydrogens (tertiary/aromatic N) is 4. The molecule has 1 amide bonds. The molecular weight excluding hydrogens is 362 g/mol. The number of aromatic nitrogens is 2. The van der Waals surface area contributed by atoms with E-state index < -0.39 is 0 Å². The molecular formula is C19H13N5O2S. The van der Waals surface area contributed by atoms with Crippen LogP contribution in [0.3, 0.4) is 0 Å². The standard InChI is InChI=1S/C19H13N5O2S/c25-16-9-8-13(11-15(16)21-18(26)12-5-2-1-3-6-12)22-23-19-14-7-4-10-20-17(14)24-27-19/h1-11,25H,(H,21,26). The van der Waals surface area contributed by atoms with Crippen LogP contribution >= 0.6 is 11.5 Å². The predicted octanol–water partition coefficient (Wildman–Crippen LogP) is 5.06. The molecule has 0 unspecified atom stereocenters. The summed E-state index contributed by atoms with van der Waals surface area (Å²) in [7, 11) is 0. The minimum Gasteiger partial charge on any atom is -0.506 e. The Morgan fingerprint density at radius 1 is 1.04 bits per heavy atom. The molecule has 4 aromatic rings. The van der Waals surface area contributed by atoms with Crippen LogP contribution in [0.2, 0.25) is 0 Å². The fraction of sp³-hybridized carbons (Fsp3) is 0. The van der Waals surface area contributed by atoms with Gasteiger partial charge >= 0.3 is 0 Å². The normalized spacial score (nSPS) is 11.1. The molecule has 0 fully saturated rings. The van der Waals surface area contributed by atoms with Gasteiger partial charge in [0.15, 0.2) is 10.6 Å². The van der Waals surface area contributed by atoms with Crippen molar-refractivity contribution >= 4 is 44.8 Å². The summed E-state index contributed by atoms with van der Waals surface area (Å²) in [5.41, 5.74) is 1.86. The first-order valence-corrected chi connectivity index (χ1v) is 8.79. The van der Waals surface area contributed by atoms with E-state index in [4.69, 9.17) is 0 Å². The van der Waals surface area contributed by atoms with Crippen LogP contribution in [0.4, 0.5) is 16.4 Å². The lowest BCUT2D eigenvalue weighted by Gasteiger charge is -2.07. The molecule has 0 saturated carbocycles. The molecule has 2 aromatic heterocycles. The third-order valence-electron chi connectivity index (χ3n) is 3.76. The van der Waals surface area contributed by atoms with Crippen LogP contribution in [0.5, 0.6) is 5.75 Å². The highest BCUT2D eigenvalue weighted by molar-refractivity contribution is 7.11. The zero-order valence-electron chi connectivity index (χ0n) is 13.9. The van der Waals surface area contributed by atoms with E-state index in [1.54, 1.807) is 42.6 Å². The van der Waals surface area contributed by atoms with Crippen molar-refractivity contribution in [2.75, 3.05) is 5.32 Å². The second-order valence-corrected chi connectivity index (χ2v) is 6.34. The zero-order chi connectivity index (χ0) is 18.6. The van der Waals surface area contributed by atoms with Gasteiger partial charge in [-0.15, -0.1) is 10.2 Å². The lowest BCUT2D eigenvalue weighted by atomic mass is 10.2. The van der Waals surface area contributed by atoms with Gasteiger partial charge in [-0.2, -0.15) is 4.37 Å². The maximum absolute atomic E-state index is 12.3. The van der Waals surface area contributed by atoms with E-state index in [1.165, 1.54) is 17.6 Å². The van der Waals surface area contributed by atoms with Crippen LogP contribution in [0.1, 0.15) is 10.4 Å². The summed E-state index contributed by atoms with van der Waals surface area (Å²) in [6.45, 7) is 0. The highest BCUT2D eigenvalue weighted by Gasteiger charge is 2.10. The molecule has 2 N–H and O–H groups in total. The summed E-state index contributed by atoms with van der Waals surface area (Å²) >= 11 is 1.21. The second-order valence-electron chi connectivity index (χ2n) is 5.58. The molecule has 0 atom stereocenters. The van der Waals surface area contributed by atoms with Gasteiger partial charge in [0.05, 0.1) is 16.8 Å². The molecule has 4 rings (SSSR count). The lowest BCUT2D eigenvalue weighted by Crippen LogP contribution is -2.11. The van der Waals surface area contributed by atoms with Crippen molar-refractivity contribution in [3.63, 3.8) is 0 Å². The number of hydrogen-bond donors (Lipinski definition) is 2. The van der Waals surface area contributed by atoms with Gasteiger partial charge in [-0.1, -0.05) is 18.2 Å². The van der Waals surface area contributed by atoms with Crippen LogP contribution in [-0.2, 0) is 0 Å². The van der Waals surface area contributed by atoms with E-state index in [0.717, 1.165) is 5.39 Å². The molecule has 0 bridgehead atoms. The highest BCUT2D eigenvalue weighted by Crippen LogP contribution is 2.33. The van der Waals surface area contributed by atoms with Crippen molar-refractivity contribution < 1.29 is 9.90 Å². The number of rotatable bonds is 4. The van der Waals surface area contributed by atoms with E-state index in [9.17, 15) is 9.90 Å². The summed E-state index contributed by atoms with van der Waals surface area (Å²) in [6.07, 6.45) is 1.67. The number of phenols is 1. The fourth-order valence-electron chi connectivity index (χ4n) is 2.42. The molecule has 0 aliphatic carbocycles. The number of pyridine rings is 1. The number of phenolic OH excluding ortho intramolecular Hbond substituents is 1. The van der Waals surface area contributed by atoms with E-state index >= 15 is 0 Å². The van der Waals surface area contributed by atoms with Gasteiger partial charge in [-0.3, -0.25) is 4.79 Å². The number of aromatic hydroxyl groups is 1. The summed E-state index contributed by atoms with van der Waals surface area (Å²) in [4.78, 5) is 16.4. The van der Waals surface area contributed by atoms with E-state index in [-0.39, 0.29) is 17.3 Å². The fourth-order valence-corrected chi connectivity index (χ4v) is 3.07. The van der Waals surface area contributed by atoms with Gasteiger partial charge in [0, 0.05) is 11.8 Å². The van der Waals surface area contributed by atoms with E-state index in [0.29, 0.717) is 21.9 Å². The maximum atomic E-state index is 12.3. The number of benzene rings is 2. The summed E-state index contributed by atoms with van der Waals surface area (Å²) in [5, 5.41) is 22.6. The van der Waals surface area contributed by atoms with Gasteiger partial charge < -0.3 is 10.4 Å². The summed E-state index contributed by atoms with van der Waals surface area (Å²) in [6, 6.07) is 17.1. The number of nitrogens with one attached hydrogen (secondary N) is 1. The zero-order valence-corrected chi connectivity index (χ0v) is 14.7. The minimum atomic E-state index is -0.320. The molecule has 132 valence electrons. The number of hydrogen-bond acceptors (Lipinski definition) is 7. The second kappa shape index (κ2) is 7.30. The van der Waals surface area contributed by atoms with Gasteiger partial charge in [0.1, 0.15) is 5.75 Å². The number of azo groups is 1. The Morgan fingerprint density at radius 2 is 1.89 bits per heavy atom. The molecule has 2 heterocycles. The molecule has 0 spiro atoms. The Kier molecular flexibility index (Phi) is 4.54. The largest absolute Gasteiger partial charge is 0.506 e. The lowest BCUT2D eigenvalue weighted by molar-refractivity contribution is 0.102. The number of anilines is 1. The Balaban J connectivity index is 1.58. The average molecular weight is 375 g/mol. The number of fused-ring (bicyclic) bond motifs is 1. The van der Waals surface area contributed by atoms with E-state index in [2.05, 4.69) is 24.9 Å². The molecule has 8 heteroatoms. The van der Waals surface area contributed by atoms with E-state index in [1.807, 2.05) is 18.2 Å². The van der Waals surface area contributed by atoms with Crippen molar-refractivity contribution in [1.82, 2.24) is 9.36 Å². The van der Waals surface area contributed by atoms with Crippen LogP contribution in [-0.4, -0.2) is 20.4 Å². The van der Waals surface area contributed by atoms with Gasteiger partial charge in [-0.05, 0) is 54.0 Å². The predicted molar refractivity (Wildman–Crippen MR) is 104 cm³/mol. The van der Waals surface area contributed by atoms with Crippen LogP contribution in [0.25, 0.3) is 11.0 Å². The average Bonchev–Trinajstić information content (AvgIpc) is 3.12. The Hall–Kier alpha value is -3.65. The Labute approximate surface area is 158 Å². The first kappa shape index (κ1) is 16.8. The molecule has 2 aromatic carbocycles. The topological polar surface area (TPSA) is 99.8 Å². The van der Waals surface area contributed by atoms with Crippen LogP contribution in [0, 0.1) is 0 Å². The molecule has 0 aliphatic heterocycles. The highest BCUT2D eigenvalue weighted by atomic mass is 32.1. The third-order valence-corrected chi connectivity index (χ3v) is 4.50. The first-order chi connectivity index (χ1) is 13.2. The number of amides is 1. The molecule has 0 radical (unpaired) electrons. The Morgan fingerprint density at radius 3 is 2.74 bits per heavy atom. The molecule has 0 saturated heterocycles. The number of carbonyl (C=O) groups is 1. The Bertz CT molecular complexity index is 1140. The minimum absolute atomic E-state index is 0.0503. The first-order valence-electron chi connectivity index (χ1n) is 8.02. The van der Waals surface area contributed by atoms with Crippen molar-refractivity contribution in [1.29, 1.82) is 0 Å². The van der Waals surface area contributed by atoms with Crippen LogP contribution < -0.4 is 5.32 Å². The summed E-state index contributed by atoms with van der Waals surface area (Å²) in [5.74, 6) is -0.370. The molecule has 0 aliphatic rings. The maximum Gasteiger partial charge on any atom is 0.255 e. The quantitative estimate of drug-likeness (QED) is 0.384. The van der Waals surface area contributed by atoms with Gasteiger partial charge in [0.25, 0.3) is 5.91 Å². The smallest absolute Gasteiger partial charge is 0.255 e. The third kappa shape index (κ3) is 3.65. The van der Waals surface area contributed by atoms with Crippen molar-refractivity contribution in [3.8, 4) is 5.75 Å². The number of carbonyl (C=O) groups excluding carboxylic acids is 1. The molecule has 27 heavy (non-hydrogen) atoms. The van der Waals surface area contributed by atoms with Gasteiger partial charge in [-0.25, -0.2) is 4.98 Å². The SMILES string of the molecule is O=C(Nc1cc(N=Nc2snc3ncccc23)ccc1O)c1ccccc1. The molecule has 7 nitrogen and oxygen atoms in total. The van der Waals surface area contributed by atoms with Crippen molar-refractivity contribution in [2.24, 2.45) is 10.2 Å². The van der Waals surface area contributed by atoms with Crippen molar-refractivity contribution in [2.45, 2.75) is 0 Å².